The SMILES string of the molecule is CCCCCCCCP(c1ccc(C)cc1)c1ccc(C)cc1. The molecule has 2 aromatic rings. The minimum absolute atomic E-state index is 0.200. The van der Waals surface area contributed by atoms with Crippen LogP contribution >= 0.6 is 7.92 Å². The summed E-state index contributed by atoms with van der Waals surface area (Å²) in [6.07, 6.45) is 9.60. The Morgan fingerprint density at radius 2 is 1.04 bits per heavy atom. The number of hydrogen-bond donors (Lipinski definition) is 0. The molecule has 0 aliphatic heterocycles. The summed E-state index contributed by atoms with van der Waals surface area (Å²) in [6.45, 7) is 6.63. The maximum absolute atomic E-state index is 2.35. The van der Waals surface area contributed by atoms with Crippen LogP contribution < -0.4 is 10.6 Å². The highest BCUT2D eigenvalue weighted by atomic mass is 31.1. The van der Waals surface area contributed by atoms with Crippen LogP contribution in [0.4, 0.5) is 0 Å². The van der Waals surface area contributed by atoms with Gasteiger partial charge in [-0.15, -0.1) is 0 Å². The molecule has 23 heavy (non-hydrogen) atoms. The predicted molar refractivity (Wildman–Crippen MR) is 107 cm³/mol. The van der Waals surface area contributed by atoms with Crippen LogP contribution in [0.15, 0.2) is 48.5 Å². The molecule has 2 aromatic carbocycles. The van der Waals surface area contributed by atoms with Crippen LogP contribution in [0.1, 0.15) is 56.6 Å². The highest BCUT2D eigenvalue weighted by Gasteiger charge is 2.13. The van der Waals surface area contributed by atoms with Crippen LogP contribution in [0.25, 0.3) is 0 Å². The van der Waals surface area contributed by atoms with Gasteiger partial charge < -0.3 is 0 Å². The van der Waals surface area contributed by atoms with Gasteiger partial charge in [0.2, 0.25) is 0 Å². The van der Waals surface area contributed by atoms with Crippen LogP contribution in [-0.2, 0) is 0 Å². The van der Waals surface area contributed by atoms with Crippen LogP contribution in [0.5, 0.6) is 0 Å². The molecule has 0 atom stereocenters. The van der Waals surface area contributed by atoms with Gasteiger partial charge in [0.1, 0.15) is 0 Å². The topological polar surface area (TPSA) is 0 Å². The first-order valence-electron chi connectivity index (χ1n) is 9.11. The molecule has 0 aliphatic carbocycles. The molecule has 0 N–H and O–H groups in total. The largest absolute Gasteiger partial charge is 0.0654 e. The molecular weight excluding hydrogens is 295 g/mol. The summed E-state index contributed by atoms with van der Waals surface area (Å²) in [4.78, 5) is 0. The van der Waals surface area contributed by atoms with Gasteiger partial charge in [-0.25, -0.2) is 0 Å². The van der Waals surface area contributed by atoms with E-state index in [1.807, 2.05) is 0 Å². The van der Waals surface area contributed by atoms with Gasteiger partial charge in [0.05, 0.1) is 0 Å². The van der Waals surface area contributed by atoms with Crippen LogP contribution in [0, 0.1) is 13.8 Å². The van der Waals surface area contributed by atoms with Gasteiger partial charge in [-0.2, -0.15) is 0 Å². The van der Waals surface area contributed by atoms with Crippen LogP contribution in [0.2, 0.25) is 0 Å². The fourth-order valence-corrected chi connectivity index (χ4v) is 5.28. The number of unbranched alkanes of at least 4 members (excludes halogenated alkanes) is 5. The summed E-state index contributed by atoms with van der Waals surface area (Å²) in [5, 5.41) is 3.06. The summed E-state index contributed by atoms with van der Waals surface area (Å²) < 4.78 is 0. The van der Waals surface area contributed by atoms with Crippen molar-refractivity contribution in [3.05, 3.63) is 59.7 Å². The van der Waals surface area contributed by atoms with Gasteiger partial charge in [0.15, 0.2) is 0 Å². The average molecular weight is 326 g/mol. The molecule has 0 fully saturated rings. The molecule has 0 saturated heterocycles. The van der Waals surface area contributed by atoms with Crippen LogP contribution in [-0.4, -0.2) is 6.16 Å². The van der Waals surface area contributed by atoms with Gasteiger partial charge >= 0.3 is 0 Å². The molecule has 0 unspecified atom stereocenters. The third kappa shape index (κ3) is 6.11. The Balaban J connectivity index is 2.02. The van der Waals surface area contributed by atoms with E-state index in [9.17, 15) is 0 Å². The Kier molecular flexibility index (Phi) is 7.83. The minimum Gasteiger partial charge on any atom is -0.0654 e. The van der Waals surface area contributed by atoms with Gasteiger partial charge in [-0.05, 0) is 45.0 Å². The van der Waals surface area contributed by atoms with Crippen molar-refractivity contribution in [2.24, 2.45) is 0 Å². The molecular formula is C22H31P. The van der Waals surface area contributed by atoms with Crippen molar-refractivity contribution in [3.63, 3.8) is 0 Å². The van der Waals surface area contributed by atoms with E-state index in [1.54, 1.807) is 0 Å². The van der Waals surface area contributed by atoms with Crippen molar-refractivity contribution < 1.29 is 0 Å². The molecule has 1 heteroatoms. The lowest BCUT2D eigenvalue weighted by molar-refractivity contribution is 0.626. The Bertz CT molecular complexity index is 508. The molecule has 0 saturated carbocycles. The van der Waals surface area contributed by atoms with Crippen molar-refractivity contribution in [2.45, 2.75) is 59.3 Å². The number of aryl methyl sites for hydroxylation is 2. The highest BCUT2D eigenvalue weighted by molar-refractivity contribution is 7.73. The zero-order chi connectivity index (χ0) is 16.5. The standard InChI is InChI=1S/C22H31P/c1-4-5-6-7-8-9-18-23(21-14-10-19(2)11-15-21)22-16-12-20(3)13-17-22/h10-17H,4-9,18H2,1-3H3. The molecule has 0 aromatic heterocycles. The zero-order valence-electron chi connectivity index (χ0n) is 15.0. The van der Waals surface area contributed by atoms with Gasteiger partial charge in [-0.1, -0.05) is 98.7 Å². The first-order chi connectivity index (χ1) is 11.2. The van der Waals surface area contributed by atoms with E-state index in [1.165, 1.54) is 66.4 Å². The fourth-order valence-electron chi connectivity index (χ4n) is 2.91. The van der Waals surface area contributed by atoms with Gasteiger partial charge in [0.25, 0.3) is 0 Å². The number of rotatable bonds is 9. The Morgan fingerprint density at radius 1 is 0.609 bits per heavy atom. The van der Waals surface area contributed by atoms with Crippen molar-refractivity contribution >= 4 is 18.5 Å². The number of benzene rings is 2. The fraction of sp³-hybridized carbons (Fsp3) is 0.455. The molecule has 0 spiro atoms. The summed E-state index contributed by atoms with van der Waals surface area (Å²) in [5.41, 5.74) is 2.71. The highest BCUT2D eigenvalue weighted by Crippen LogP contribution is 2.35. The Labute approximate surface area is 144 Å². The quantitative estimate of drug-likeness (QED) is 0.386. The van der Waals surface area contributed by atoms with Gasteiger partial charge in [0, 0.05) is 0 Å². The van der Waals surface area contributed by atoms with E-state index in [-0.39, 0.29) is 7.92 Å². The second kappa shape index (κ2) is 9.89. The third-order valence-electron chi connectivity index (χ3n) is 4.43. The van der Waals surface area contributed by atoms with Crippen molar-refractivity contribution in [1.29, 1.82) is 0 Å². The maximum atomic E-state index is 2.35. The molecule has 0 amide bonds. The van der Waals surface area contributed by atoms with Crippen molar-refractivity contribution in [3.8, 4) is 0 Å². The third-order valence-corrected chi connectivity index (χ3v) is 7.03. The maximum Gasteiger partial charge on any atom is -0.0195 e. The predicted octanol–water partition coefficient (Wildman–Crippen LogP) is 6.10. The smallest absolute Gasteiger partial charge is 0.0195 e. The summed E-state index contributed by atoms with van der Waals surface area (Å²) in [5.74, 6) is 0. The van der Waals surface area contributed by atoms with E-state index in [0.29, 0.717) is 0 Å². The monoisotopic (exact) mass is 326 g/mol. The Hall–Kier alpha value is -1.13. The van der Waals surface area contributed by atoms with E-state index in [0.717, 1.165) is 0 Å². The number of hydrogen-bond acceptors (Lipinski definition) is 0. The lowest BCUT2D eigenvalue weighted by atomic mass is 10.1. The Morgan fingerprint density at radius 3 is 1.52 bits per heavy atom. The minimum atomic E-state index is -0.200. The van der Waals surface area contributed by atoms with E-state index in [2.05, 4.69) is 69.3 Å². The van der Waals surface area contributed by atoms with E-state index in [4.69, 9.17) is 0 Å². The normalized spacial score (nSPS) is 11.1. The molecule has 124 valence electrons. The second-order valence-corrected chi connectivity index (χ2v) is 8.93. The van der Waals surface area contributed by atoms with Crippen molar-refractivity contribution in [2.75, 3.05) is 6.16 Å². The van der Waals surface area contributed by atoms with Gasteiger partial charge in [-0.3, -0.25) is 0 Å². The van der Waals surface area contributed by atoms with Crippen LogP contribution in [0.3, 0.4) is 0 Å². The van der Waals surface area contributed by atoms with Crippen molar-refractivity contribution in [1.82, 2.24) is 0 Å². The lowest BCUT2D eigenvalue weighted by Crippen LogP contribution is -2.14. The second-order valence-electron chi connectivity index (χ2n) is 6.59. The van der Waals surface area contributed by atoms with E-state index >= 15 is 0 Å². The average Bonchev–Trinajstić information content (AvgIpc) is 2.57. The molecule has 2 rings (SSSR count). The first kappa shape index (κ1) is 18.2. The lowest BCUT2D eigenvalue weighted by Gasteiger charge is -2.19. The molecule has 0 radical (unpaired) electrons. The van der Waals surface area contributed by atoms with E-state index < -0.39 is 0 Å². The first-order valence-corrected chi connectivity index (χ1v) is 10.6. The molecule has 0 nitrogen and oxygen atoms in total. The summed E-state index contributed by atoms with van der Waals surface area (Å²) in [7, 11) is -0.200. The zero-order valence-corrected chi connectivity index (χ0v) is 15.9. The molecule has 0 bridgehead atoms. The summed E-state index contributed by atoms with van der Waals surface area (Å²) >= 11 is 0. The summed E-state index contributed by atoms with van der Waals surface area (Å²) in [6, 6.07) is 18.4. The molecule has 0 heterocycles. The molecule has 0 aliphatic rings.